The summed E-state index contributed by atoms with van der Waals surface area (Å²) in [5.41, 5.74) is 8.00. The number of rotatable bonds is 3. The minimum absolute atomic E-state index is 0.0804. The molecule has 2 aromatic rings. The zero-order valence-corrected chi connectivity index (χ0v) is 11.2. The van der Waals surface area contributed by atoms with Gasteiger partial charge in [0.2, 0.25) is 0 Å². The Morgan fingerprint density at radius 1 is 1.25 bits per heavy atom. The van der Waals surface area contributed by atoms with Crippen LogP contribution in [0.1, 0.15) is 15.9 Å². The Balaban J connectivity index is 2.23. The van der Waals surface area contributed by atoms with Crippen molar-refractivity contribution in [2.75, 3.05) is 18.2 Å². The Kier molecular flexibility index (Phi) is 3.89. The molecule has 0 atom stereocenters. The van der Waals surface area contributed by atoms with Gasteiger partial charge >= 0.3 is 0 Å². The third-order valence-corrected chi connectivity index (χ3v) is 2.90. The fourth-order valence-corrected chi connectivity index (χ4v) is 1.88. The molecule has 0 aliphatic rings. The van der Waals surface area contributed by atoms with Gasteiger partial charge in [0.1, 0.15) is 0 Å². The van der Waals surface area contributed by atoms with Crippen LogP contribution in [0.4, 0.5) is 15.8 Å². The monoisotopic (exact) mass is 274 g/mol. The number of anilines is 2. The maximum Gasteiger partial charge on any atom is 0.255 e. The van der Waals surface area contributed by atoms with Crippen molar-refractivity contribution in [1.29, 1.82) is 0 Å². The predicted octanol–water partition coefficient (Wildman–Crippen LogP) is 2.98. The van der Waals surface area contributed by atoms with Gasteiger partial charge in [-0.3, -0.25) is 4.79 Å². The molecule has 0 saturated heterocycles. The topological polar surface area (TPSA) is 64.3 Å². The first-order chi connectivity index (χ1) is 9.51. The average Bonchev–Trinajstić information content (AvgIpc) is 2.40. The van der Waals surface area contributed by atoms with Crippen LogP contribution in [0.15, 0.2) is 36.4 Å². The Bertz CT molecular complexity index is 656. The number of hydrogen-bond donors (Lipinski definition) is 2. The van der Waals surface area contributed by atoms with E-state index in [4.69, 9.17) is 10.5 Å². The molecule has 0 aromatic heterocycles. The molecule has 4 nitrogen and oxygen atoms in total. The van der Waals surface area contributed by atoms with Crippen molar-refractivity contribution in [3.8, 4) is 5.75 Å². The van der Waals surface area contributed by atoms with Gasteiger partial charge in [0, 0.05) is 23.0 Å². The molecular formula is C15H15FN2O2. The number of nitrogens with two attached hydrogens (primary N) is 1. The van der Waals surface area contributed by atoms with Crippen molar-refractivity contribution < 1.29 is 13.9 Å². The van der Waals surface area contributed by atoms with Gasteiger partial charge in [-0.25, -0.2) is 4.39 Å². The quantitative estimate of drug-likeness (QED) is 0.846. The lowest BCUT2D eigenvalue weighted by atomic mass is 10.1. The second kappa shape index (κ2) is 5.61. The van der Waals surface area contributed by atoms with Crippen molar-refractivity contribution >= 4 is 17.3 Å². The van der Waals surface area contributed by atoms with Crippen molar-refractivity contribution in [1.82, 2.24) is 0 Å². The molecule has 0 heterocycles. The van der Waals surface area contributed by atoms with Crippen LogP contribution in [0.5, 0.6) is 5.75 Å². The summed E-state index contributed by atoms with van der Waals surface area (Å²) in [5.74, 6) is -0.679. The van der Waals surface area contributed by atoms with Crippen LogP contribution in [0.2, 0.25) is 0 Å². The van der Waals surface area contributed by atoms with E-state index in [9.17, 15) is 9.18 Å². The highest BCUT2D eigenvalue weighted by Crippen LogP contribution is 2.22. The number of hydrogen-bond acceptors (Lipinski definition) is 3. The van der Waals surface area contributed by atoms with Crippen LogP contribution < -0.4 is 15.8 Å². The SMILES string of the molecule is COc1cc(NC(=O)c2ccc(N)cc2C)ccc1F. The summed E-state index contributed by atoms with van der Waals surface area (Å²) in [4.78, 5) is 12.1. The Hall–Kier alpha value is -2.56. The summed E-state index contributed by atoms with van der Waals surface area (Å²) in [6.45, 7) is 1.80. The van der Waals surface area contributed by atoms with Crippen LogP contribution in [-0.2, 0) is 0 Å². The Morgan fingerprint density at radius 3 is 2.65 bits per heavy atom. The van der Waals surface area contributed by atoms with Gasteiger partial charge in [-0.05, 0) is 42.8 Å². The van der Waals surface area contributed by atoms with Gasteiger partial charge in [-0.1, -0.05) is 0 Å². The largest absolute Gasteiger partial charge is 0.494 e. The van der Waals surface area contributed by atoms with Gasteiger partial charge in [0.05, 0.1) is 7.11 Å². The van der Waals surface area contributed by atoms with Crippen molar-refractivity contribution in [2.45, 2.75) is 6.92 Å². The molecule has 0 aliphatic carbocycles. The van der Waals surface area contributed by atoms with E-state index >= 15 is 0 Å². The maximum atomic E-state index is 13.3. The van der Waals surface area contributed by atoms with Crippen molar-refractivity contribution in [3.05, 3.63) is 53.3 Å². The molecule has 20 heavy (non-hydrogen) atoms. The molecule has 0 unspecified atom stereocenters. The molecule has 0 spiro atoms. The van der Waals surface area contributed by atoms with Crippen LogP contribution in [0, 0.1) is 12.7 Å². The lowest BCUT2D eigenvalue weighted by Crippen LogP contribution is -2.13. The first kappa shape index (κ1) is 13.9. The molecule has 0 saturated carbocycles. The summed E-state index contributed by atoms with van der Waals surface area (Å²) in [7, 11) is 1.37. The summed E-state index contributed by atoms with van der Waals surface area (Å²) in [5, 5.41) is 2.69. The van der Waals surface area contributed by atoms with E-state index in [-0.39, 0.29) is 11.7 Å². The molecular weight excluding hydrogens is 259 g/mol. The Labute approximate surface area is 116 Å². The Morgan fingerprint density at radius 2 is 2.00 bits per heavy atom. The predicted molar refractivity (Wildman–Crippen MR) is 76.5 cm³/mol. The number of carbonyl (C=O) groups is 1. The van der Waals surface area contributed by atoms with Gasteiger partial charge in [0.15, 0.2) is 11.6 Å². The van der Waals surface area contributed by atoms with Gasteiger partial charge in [-0.2, -0.15) is 0 Å². The number of carbonyl (C=O) groups excluding carboxylic acids is 1. The summed E-state index contributed by atoms with van der Waals surface area (Å²) in [6.07, 6.45) is 0. The van der Waals surface area contributed by atoms with Crippen LogP contribution in [0.25, 0.3) is 0 Å². The van der Waals surface area contributed by atoms with E-state index in [0.717, 1.165) is 5.56 Å². The lowest BCUT2D eigenvalue weighted by molar-refractivity contribution is 0.102. The highest BCUT2D eigenvalue weighted by atomic mass is 19.1. The third kappa shape index (κ3) is 2.88. The third-order valence-electron chi connectivity index (χ3n) is 2.90. The van der Waals surface area contributed by atoms with E-state index < -0.39 is 5.82 Å². The standard InChI is InChI=1S/C15H15FN2O2/c1-9-7-10(17)3-5-12(9)15(19)18-11-4-6-13(16)14(8-11)20-2/h3-8H,17H2,1-2H3,(H,18,19). The molecule has 2 rings (SSSR count). The zero-order valence-electron chi connectivity index (χ0n) is 11.2. The van der Waals surface area contributed by atoms with Crippen molar-refractivity contribution in [2.24, 2.45) is 0 Å². The first-order valence-electron chi connectivity index (χ1n) is 6.02. The smallest absolute Gasteiger partial charge is 0.255 e. The van der Waals surface area contributed by atoms with E-state index in [1.807, 2.05) is 0 Å². The van der Waals surface area contributed by atoms with Gasteiger partial charge in [-0.15, -0.1) is 0 Å². The molecule has 2 aromatic carbocycles. The molecule has 0 fully saturated rings. The van der Waals surface area contributed by atoms with E-state index in [2.05, 4.69) is 5.32 Å². The summed E-state index contributed by atoms with van der Waals surface area (Å²) >= 11 is 0. The highest BCUT2D eigenvalue weighted by molar-refractivity contribution is 6.05. The van der Waals surface area contributed by atoms with E-state index in [1.54, 1.807) is 25.1 Å². The number of benzene rings is 2. The lowest BCUT2D eigenvalue weighted by Gasteiger charge is -2.10. The number of nitrogens with one attached hydrogen (secondary N) is 1. The fraction of sp³-hybridized carbons (Fsp3) is 0.133. The van der Waals surface area contributed by atoms with Gasteiger partial charge in [0.25, 0.3) is 5.91 Å². The molecule has 0 bridgehead atoms. The van der Waals surface area contributed by atoms with E-state index in [1.165, 1.54) is 25.3 Å². The number of ether oxygens (including phenoxy) is 1. The number of nitrogen functional groups attached to an aromatic ring is 1. The van der Waals surface area contributed by atoms with Crippen molar-refractivity contribution in [3.63, 3.8) is 0 Å². The van der Waals surface area contributed by atoms with Crippen LogP contribution in [-0.4, -0.2) is 13.0 Å². The molecule has 1 amide bonds. The van der Waals surface area contributed by atoms with Crippen LogP contribution >= 0.6 is 0 Å². The summed E-state index contributed by atoms with van der Waals surface area (Å²) in [6, 6.07) is 9.18. The van der Waals surface area contributed by atoms with E-state index in [0.29, 0.717) is 16.9 Å². The number of amides is 1. The fourth-order valence-electron chi connectivity index (χ4n) is 1.88. The highest BCUT2D eigenvalue weighted by Gasteiger charge is 2.11. The molecule has 3 N–H and O–H groups in total. The normalized spacial score (nSPS) is 10.2. The number of methoxy groups -OCH3 is 1. The summed E-state index contributed by atoms with van der Waals surface area (Å²) < 4.78 is 18.2. The average molecular weight is 274 g/mol. The zero-order chi connectivity index (χ0) is 14.7. The minimum atomic E-state index is -0.478. The second-order valence-electron chi connectivity index (χ2n) is 4.38. The molecule has 0 radical (unpaired) electrons. The maximum absolute atomic E-state index is 13.3. The molecule has 0 aliphatic heterocycles. The minimum Gasteiger partial charge on any atom is -0.494 e. The van der Waals surface area contributed by atoms with Crippen LogP contribution in [0.3, 0.4) is 0 Å². The van der Waals surface area contributed by atoms with Gasteiger partial charge < -0.3 is 15.8 Å². The molecule has 5 heteroatoms. The molecule has 104 valence electrons. The number of halogens is 1. The second-order valence-corrected chi connectivity index (χ2v) is 4.38. The first-order valence-corrected chi connectivity index (χ1v) is 6.02. The number of aryl methyl sites for hydroxylation is 1.